The van der Waals surface area contributed by atoms with Gasteiger partial charge in [0.25, 0.3) is 0 Å². The first-order valence-corrected chi connectivity index (χ1v) is 6.87. The highest BCUT2D eigenvalue weighted by molar-refractivity contribution is 5.76. The van der Waals surface area contributed by atoms with Crippen LogP contribution < -0.4 is 0 Å². The lowest BCUT2D eigenvalue weighted by Gasteiger charge is -2.00. The molecule has 0 aliphatic rings. The lowest BCUT2D eigenvalue weighted by Crippen LogP contribution is -1.86. The Labute approximate surface area is 133 Å². The van der Waals surface area contributed by atoms with Crippen LogP contribution >= 0.6 is 0 Å². The van der Waals surface area contributed by atoms with E-state index in [0.29, 0.717) is 0 Å². The van der Waals surface area contributed by atoms with E-state index in [-0.39, 0.29) is 20.8 Å². The predicted octanol–water partition coefficient (Wildman–Crippen LogP) is 6.40. The third kappa shape index (κ3) is 3.45. The summed E-state index contributed by atoms with van der Waals surface area (Å²) in [4.78, 5) is 4.69. The molecule has 1 heterocycles. The molecule has 0 amide bonds. The molecule has 116 valence electrons. The summed E-state index contributed by atoms with van der Waals surface area (Å²) in [6, 6.07) is 20.3. The van der Waals surface area contributed by atoms with Crippen LogP contribution in [0.15, 0.2) is 65.1 Å². The monoisotopic (exact) mass is 295 g/mol. The van der Waals surface area contributed by atoms with Gasteiger partial charge in [0, 0.05) is 17.0 Å². The molecule has 0 fully saturated rings. The van der Waals surface area contributed by atoms with E-state index in [9.17, 15) is 0 Å². The normalized spacial score (nSPS) is 9.95. The second-order valence-corrected chi connectivity index (χ2v) is 5.12. The topological polar surface area (TPSA) is 26.0 Å². The maximum Gasteiger partial charge on any atom is 0.198 e. The van der Waals surface area contributed by atoms with Crippen LogP contribution in [-0.4, -0.2) is 4.98 Å². The Morgan fingerprint density at radius 2 is 1.27 bits per heavy atom. The number of nitrogens with zero attached hydrogens (tertiary/aromatic N) is 1. The Balaban J connectivity index is 0.00000121. The van der Waals surface area contributed by atoms with Crippen molar-refractivity contribution in [3.8, 4) is 22.6 Å². The maximum absolute atomic E-state index is 6.01. The molecule has 2 aromatic carbocycles. The Morgan fingerprint density at radius 1 is 0.773 bits per heavy atom. The van der Waals surface area contributed by atoms with E-state index < -0.39 is 0 Å². The van der Waals surface area contributed by atoms with Gasteiger partial charge in [-0.15, -0.1) is 0 Å². The van der Waals surface area contributed by atoms with Gasteiger partial charge in [-0.25, -0.2) is 4.98 Å². The van der Waals surface area contributed by atoms with Gasteiger partial charge in [-0.1, -0.05) is 89.4 Å². The Hall–Kier alpha value is -2.35. The van der Waals surface area contributed by atoms with Crippen molar-refractivity contribution in [3.63, 3.8) is 0 Å². The van der Waals surface area contributed by atoms with E-state index in [4.69, 9.17) is 4.42 Å². The fourth-order valence-corrected chi connectivity index (χ4v) is 2.16. The van der Waals surface area contributed by atoms with Gasteiger partial charge in [0.15, 0.2) is 11.7 Å². The second-order valence-electron chi connectivity index (χ2n) is 5.12. The van der Waals surface area contributed by atoms with E-state index in [1.54, 1.807) is 0 Å². The summed E-state index contributed by atoms with van der Waals surface area (Å²) in [5.74, 6) is 1.90. The summed E-state index contributed by atoms with van der Waals surface area (Å²) in [7, 11) is 0. The van der Waals surface area contributed by atoms with Crippen LogP contribution in [0.4, 0.5) is 0 Å². The Kier molecular flexibility index (Phi) is 6.11. The van der Waals surface area contributed by atoms with Gasteiger partial charge in [0.2, 0.25) is 0 Å². The van der Waals surface area contributed by atoms with E-state index in [1.807, 2.05) is 36.4 Å². The predicted molar refractivity (Wildman–Crippen MR) is 94.9 cm³/mol. The Morgan fingerprint density at radius 3 is 1.77 bits per heavy atom. The van der Waals surface area contributed by atoms with Gasteiger partial charge in [0.1, 0.15) is 5.69 Å². The van der Waals surface area contributed by atoms with Gasteiger partial charge >= 0.3 is 0 Å². The molecule has 0 atom stereocenters. The number of benzene rings is 2. The van der Waals surface area contributed by atoms with Crippen LogP contribution in [0, 0.1) is 0 Å². The molecular weight excluding hydrogens is 270 g/mol. The lowest BCUT2D eigenvalue weighted by molar-refractivity contribution is 0.481. The minimum atomic E-state index is 0. The molecule has 22 heavy (non-hydrogen) atoms. The zero-order valence-electron chi connectivity index (χ0n) is 11.7. The summed E-state index contributed by atoms with van der Waals surface area (Å²) in [6.45, 7) is 4.19. The Bertz CT molecular complexity index is 627. The summed E-state index contributed by atoms with van der Waals surface area (Å²) >= 11 is 0. The molecule has 2 heteroatoms. The highest BCUT2D eigenvalue weighted by Gasteiger charge is 2.17. The van der Waals surface area contributed by atoms with Gasteiger partial charge in [-0.2, -0.15) is 0 Å². The van der Waals surface area contributed by atoms with Crippen molar-refractivity contribution in [2.24, 2.45) is 0 Å². The van der Waals surface area contributed by atoms with Crippen LogP contribution in [0.5, 0.6) is 0 Å². The molecule has 2 nitrogen and oxygen atoms in total. The highest BCUT2D eigenvalue weighted by atomic mass is 16.4. The third-order valence-corrected chi connectivity index (χ3v) is 3.22. The first-order chi connectivity index (χ1) is 9.75. The second kappa shape index (κ2) is 7.60. The number of hydrogen-bond acceptors (Lipinski definition) is 2. The number of oxazole rings is 1. The number of rotatable bonds is 3. The number of aromatic nitrogens is 1. The first-order valence-electron chi connectivity index (χ1n) is 6.87. The van der Waals surface area contributed by atoms with Crippen molar-refractivity contribution in [2.45, 2.75) is 34.6 Å². The van der Waals surface area contributed by atoms with Crippen molar-refractivity contribution in [3.05, 3.63) is 66.6 Å². The molecular formula is C20H25NO. The van der Waals surface area contributed by atoms with Gasteiger partial charge < -0.3 is 4.42 Å². The van der Waals surface area contributed by atoms with Crippen LogP contribution in [0.2, 0.25) is 0 Å². The fourth-order valence-electron chi connectivity index (χ4n) is 2.16. The summed E-state index contributed by atoms with van der Waals surface area (Å²) in [5.41, 5.74) is 3.06. The first kappa shape index (κ1) is 17.7. The zero-order valence-corrected chi connectivity index (χ0v) is 11.7. The molecule has 0 aliphatic heterocycles. The standard InChI is InChI=1S/C18H17NO.2CH4/c1-13(2)18-19-16(14-9-5-3-6-10-14)17(20-18)15-11-7-4-8-12-15;;/h3-13H,1-2H3;2*1H4. The van der Waals surface area contributed by atoms with Crippen LogP contribution in [0.1, 0.15) is 40.5 Å². The smallest absolute Gasteiger partial charge is 0.198 e. The summed E-state index contributed by atoms with van der Waals surface area (Å²) in [5, 5.41) is 0. The third-order valence-electron chi connectivity index (χ3n) is 3.22. The van der Waals surface area contributed by atoms with Crippen LogP contribution in [0.25, 0.3) is 22.6 Å². The van der Waals surface area contributed by atoms with Crippen molar-refractivity contribution < 1.29 is 4.42 Å². The molecule has 1 aromatic heterocycles. The zero-order chi connectivity index (χ0) is 13.9. The summed E-state index contributed by atoms with van der Waals surface area (Å²) in [6.07, 6.45) is 0. The molecule has 3 rings (SSSR count). The molecule has 0 radical (unpaired) electrons. The largest absolute Gasteiger partial charge is 0.440 e. The molecule has 0 saturated carbocycles. The SMILES string of the molecule is C.C.CC(C)c1nc(-c2ccccc2)c(-c2ccccc2)o1. The molecule has 0 N–H and O–H groups in total. The van der Waals surface area contributed by atoms with Gasteiger partial charge in [-0.05, 0) is 0 Å². The number of hydrogen-bond donors (Lipinski definition) is 0. The van der Waals surface area contributed by atoms with Crippen molar-refractivity contribution >= 4 is 0 Å². The van der Waals surface area contributed by atoms with E-state index >= 15 is 0 Å². The molecule has 0 aliphatic carbocycles. The van der Waals surface area contributed by atoms with Crippen LogP contribution in [0.3, 0.4) is 0 Å². The molecule has 0 unspecified atom stereocenters. The van der Waals surface area contributed by atoms with E-state index in [1.165, 1.54) is 0 Å². The lowest BCUT2D eigenvalue weighted by atomic mass is 10.1. The van der Waals surface area contributed by atoms with Crippen molar-refractivity contribution in [1.29, 1.82) is 0 Å². The minimum Gasteiger partial charge on any atom is -0.440 e. The maximum atomic E-state index is 6.01. The van der Waals surface area contributed by atoms with Crippen molar-refractivity contribution in [1.82, 2.24) is 4.98 Å². The van der Waals surface area contributed by atoms with Crippen molar-refractivity contribution in [2.75, 3.05) is 0 Å². The quantitative estimate of drug-likeness (QED) is 0.558. The van der Waals surface area contributed by atoms with E-state index in [2.05, 4.69) is 43.1 Å². The highest BCUT2D eigenvalue weighted by Crippen LogP contribution is 2.34. The average Bonchev–Trinajstić information content (AvgIpc) is 2.94. The molecule has 0 saturated heterocycles. The minimum absolute atomic E-state index is 0. The molecule has 0 bridgehead atoms. The fraction of sp³-hybridized carbons (Fsp3) is 0.250. The van der Waals surface area contributed by atoms with Gasteiger partial charge in [-0.3, -0.25) is 0 Å². The van der Waals surface area contributed by atoms with E-state index in [0.717, 1.165) is 28.5 Å². The molecule has 3 aromatic rings. The van der Waals surface area contributed by atoms with Crippen LogP contribution in [-0.2, 0) is 0 Å². The van der Waals surface area contributed by atoms with Gasteiger partial charge in [0.05, 0.1) is 0 Å². The average molecular weight is 295 g/mol. The molecule has 0 spiro atoms. The summed E-state index contributed by atoms with van der Waals surface area (Å²) < 4.78 is 6.01.